The van der Waals surface area contributed by atoms with E-state index in [1.807, 2.05) is 6.92 Å². The zero-order valence-electron chi connectivity index (χ0n) is 10.7. The van der Waals surface area contributed by atoms with Crippen LogP contribution in [0.4, 0.5) is 10.1 Å². The van der Waals surface area contributed by atoms with E-state index >= 15 is 0 Å². The van der Waals surface area contributed by atoms with E-state index < -0.39 is 5.82 Å². The lowest BCUT2D eigenvalue weighted by Gasteiger charge is -2.37. The summed E-state index contributed by atoms with van der Waals surface area (Å²) in [6.07, 6.45) is 0. The minimum atomic E-state index is -0.434. The molecule has 104 valence electrons. The average Bonchev–Trinajstić information content (AvgIpc) is 2.29. The Bertz CT molecular complexity index is 465. The number of rotatable bonds is 5. The monoisotopic (exact) mass is 329 g/mol. The molecule has 1 fully saturated rings. The quantitative estimate of drug-likeness (QED) is 0.866. The van der Waals surface area contributed by atoms with Gasteiger partial charge >= 0.3 is 0 Å². The van der Waals surface area contributed by atoms with E-state index in [1.165, 1.54) is 6.07 Å². The maximum Gasteiger partial charge on any atom is 0.238 e. The summed E-state index contributed by atoms with van der Waals surface area (Å²) < 4.78 is 14.2. The van der Waals surface area contributed by atoms with Gasteiger partial charge in [0.05, 0.1) is 12.2 Å². The van der Waals surface area contributed by atoms with Crippen molar-refractivity contribution >= 4 is 27.5 Å². The molecule has 1 aromatic carbocycles. The standard InChI is InChI=1S/C13H17BrFN3O/c1-2-18(10-6-16-7-10)8-13(19)17-12-4-3-9(14)5-11(12)15/h3-5,10,16H,2,6-8H2,1H3,(H,17,19). The number of nitrogens with zero attached hydrogens (tertiary/aromatic N) is 1. The number of benzene rings is 1. The first-order chi connectivity index (χ1) is 9.10. The molecule has 2 N–H and O–H groups in total. The maximum absolute atomic E-state index is 13.6. The molecule has 0 saturated carbocycles. The number of amides is 1. The molecule has 0 aromatic heterocycles. The van der Waals surface area contributed by atoms with Gasteiger partial charge < -0.3 is 10.6 Å². The number of anilines is 1. The minimum absolute atomic E-state index is 0.185. The van der Waals surface area contributed by atoms with Crippen LogP contribution in [0.15, 0.2) is 22.7 Å². The van der Waals surface area contributed by atoms with Gasteiger partial charge in [0.2, 0.25) is 5.91 Å². The summed E-state index contributed by atoms with van der Waals surface area (Å²) in [7, 11) is 0. The van der Waals surface area contributed by atoms with Gasteiger partial charge in [0.1, 0.15) is 5.82 Å². The van der Waals surface area contributed by atoms with E-state index in [0.29, 0.717) is 17.1 Å². The molecule has 1 aliphatic heterocycles. The summed E-state index contributed by atoms with van der Waals surface area (Å²) in [6, 6.07) is 5.00. The van der Waals surface area contributed by atoms with E-state index in [9.17, 15) is 9.18 Å². The van der Waals surface area contributed by atoms with E-state index in [4.69, 9.17) is 0 Å². The van der Waals surface area contributed by atoms with Crippen LogP contribution in [0, 0.1) is 5.82 Å². The van der Waals surface area contributed by atoms with Crippen LogP contribution in [0.2, 0.25) is 0 Å². The molecule has 1 amide bonds. The Kier molecular flexibility index (Phi) is 4.90. The fourth-order valence-corrected chi connectivity index (χ4v) is 2.33. The third-order valence-corrected chi connectivity index (χ3v) is 3.73. The smallest absolute Gasteiger partial charge is 0.238 e. The second-order valence-electron chi connectivity index (χ2n) is 4.55. The van der Waals surface area contributed by atoms with E-state index in [2.05, 4.69) is 31.5 Å². The van der Waals surface area contributed by atoms with Crippen molar-refractivity contribution in [2.45, 2.75) is 13.0 Å². The zero-order valence-corrected chi connectivity index (χ0v) is 12.3. The van der Waals surface area contributed by atoms with Crippen LogP contribution in [0.1, 0.15) is 6.92 Å². The molecule has 0 unspecified atom stereocenters. The summed E-state index contributed by atoms with van der Waals surface area (Å²) in [5.74, 6) is -0.619. The van der Waals surface area contributed by atoms with Gasteiger partial charge in [-0.1, -0.05) is 22.9 Å². The topological polar surface area (TPSA) is 44.4 Å². The van der Waals surface area contributed by atoms with Crippen LogP contribution in [0.25, 0.3) is 0 Å². The van der Waals surface area contributed by atoms with Crippen molar-refractivity contribution in [3.8, 4) is 0 Å². The lowest BCUT2D eigenvalue weighted by Crippen LogP contribution is -2.58. The Morgan fingerprint density at radius 1 is 1.58 bits per heavy atom. The molecular formula is C13H17BrFN3O. The fraction of sp³-hybridized carbons (Fsp3) is 0.462. The van der Waals surface area contributed by atoms with Gasteiger partial charge in [0.15, 0.2) is 0 Å². The normalized spacial score (nSPS) is 15.4. The van der Waals surface area contributed by atoms with Gasteiger partial charge in [0, 0.05) is 23.6 Å². The number of hydrogen-bond acceptors (Lipinski definition) is 3. The van der Waals surface area contributed by atoms with E-state index in [-0.39, 0.29) is 11.6 Å². The summed E-state index contributed by atoms with van der Waals surface area (Å²) in [4.78, 5) is 14.0. The predicted molar refractivity (Wildman–Crippen MR) is 76.6 cm³/mol. The van der Waals surface area contributed by atoms with Gasteiger partial charge in [-0.05, 0) is 24.7 Å². The third kappa shape index (κ3) is 3.75. The number of nitrogens with one attached hydrogen (secondary N) is 2. The summed E-state index contributed by atoms with van der Waals surface area (Å²) >= 11 is 3.18. The van der Waals surface area contributed by atoms with E-state index in [1.54, 1.807) is 12.1 Å². The van der Waals surface area contributed by atoms with Crippen molar-refractivity contribution < 1.29 is 9.18 Å². The Hall–Kier alpha value is -0.980. The van der Waals surface area contributed by atoms with Crippen LogP contribution in [0.3, 0.4) is 0 Å². The Balaban J connectivity index is 1.92. The predicted octanol–water partition coefficient (Wildman–Crippen LogP) is 1.82. The Morgan fingerprint density at radius 3 is 2.84 bits per heavy atom. The van der Waals surface area contributed by atoms with Crippen LogP contribution in [-0.2, 0) is 4.79 Å². The molecule has 1 aliphatic rings. The van der Waals surface area contributed by atoms with Gasteiger partial charge in [-0.3, -0.25) is 9.69 Å². The summed E-state index contributed by atoms with van der Waals surface area (Å²) in [5.41, 5.74) is 0.219. The van der Waals surface area contributed by atoms with E-state index in [0.717, 1.165) is 19.6 Å². The van der Waals surface area contributed by atoms with Crippen molar-refractivity contribution in [1.29, 1.82) is 0 Å². The summed E-state index contributed by atoms with van der Waals surface area (Å²) in [5, 5.41) is 5.78. The SMILES string of the molecule is CCN(CC(=O)Nc1ccc(Br)cc1F)C1CNC1. The van der Waals surface area contributed by atoms with Crippen molar-refractivity contribution in [3.63, 3.8) is 0 Å². The molecule has 2 rings (SSSR count). The molecule has 0 aliphatic carbocycles. The van der Waals surface area contributed by atoms with Crippen molar-refractivity contribution in [2.24, 2.45) is 0 Å². The molecule has 0 bridgehead atoms. The largest absolute Gasteiger partial charge is 0.322 e. The molecule has 6 heteroatoms. The number of carbonyl (C=O) groups is 1. The molecule has 0 radical (unpaired) electrons. The lowest BCUT2D eigenvalue weighted by molar-refractivity contribution is -0.118. The number of likely N-dealkylation sites (N-methyl/N-ethyl adjacent to an activating group) is 1. The highest BCUT2D eigenvalue weighted by atomic mass is 79.9. The first-order valence-electron chi connectivity index (χ1n) is 6.30. The highest BCUT2D eigenvalue weighted by Gasteiger charge is 2.24. The lowest BCUT2D eigenvalue weighted by atomic mass is 10.1. The number of hydrogen-bond donors (Lipinski definition) is 2. The second kappa shape index (κ2) is 6.45. The average molecular weight is 330 g/mol. The first-order valence-corrected chi connectivity index (χ1v) is 7.09. The molecule has 0 atom stereocenters. The Morgan fingerprint density at radius 2 is 2.32 bits per heavy atom. The van der Waals surface area contributed by atoms with Crippen LogP contribution in [-0.4, -0.2) is 43.0 Å². The van der Waals surface area contributed by atoms with Gasteiger partial charge in [0.25, 0.3) is 0 Å². The second-order valence-corrected chi connectivity index (χ2v) is 5.46. The van der Waals surface area contributed by atoms with Gasteiger partial charge in [-0.2, -0.15) is 0 Å². The number of carbonyl (C=O) groups excluding carboxylic acids is 1. The van der Waals surface area contributed by atoms with Crippen LogP contribution in [0.5, 0.6) is 0 Å². The van der Waals surface area contributed by atoms with Crippen molar-refractivity contribution in [1.82, 2.24) is 10.2 Å². The molecular weight excluding hydrogens is 313 g/mol. The first kappa shape index (κ1) is 14.4. The Labute approximate surface area is 120 Å². The summed E-state index contributed by atoms with van der Waals surface area (Å²) in [6.45, 7) is 4.94. The molecule has 1 saturated heterocycles. The highest BCUT2D eigenvalue weighted by molar-refractivity contribution is 9.10. The maximum atomic E-state index is 13.6. The van der Waals surface area contributed by atoms with Crippen molar-refractivity contribution in [2.75, 3.05) is 31.5 Å². The zero-order chi connectivity index (χ0) is 13.8. The number of halogens is 2. The molecule has 4 nitrogen and oxygen atoms in total. The van der Waals surface area contributed by atoms with Gasteiger partial charge in [-0.15, -0.1) is 0 Å². The molecule has 1 heterocycles. The van der Waals surface area contributed by atoms with Crippen molar-refractivity contribution in [3.05, 3.63) is 28.5 Å². The third-order valence-electron chi connectivity index (χ3n) is 3.23. The highest BCUT2D eigenvalue weighted by Crippen LogP contribution is 2.19. The molecule has 1 aromatic rings. The fourth-order valence-electron chi connectivity index (χ4n) is 2.00. The molecule has 19 heavy (non-hydrogen) atoms. The van der Waals surface area contributed by atoms with Gasteiger partial charge in [-0.25, -0.2) is 4.39 Å². The minimum Gasteiger partial charge on any atom is -0.322 e. The molecule has 0 spiro atoms. The van der Waals surface area contributed by atoms with Crippen LogP contribution >= 0.6 is 15.9 Å². The van der Waals surface area contributed by atoms with Crippen LogP contribution < -0.4 is 10.6 Å².